The SMILES string of the molecule is CCC1=NSCC1. The molecule has 0 saturated heterocycles. The second kappa shape index (κ2) is 2.36. The lowest BCUT2D eigenvalue weighted by Gasteiger charge is -1.84. The summed E-state index contributed by atoms with van der Waals surface area (Å²) in [4.78, 5) is 0. The maximum absolute atomic E-state index is 4.19. The molecule has 0 aromatic carbocycles. The highest BCUT2D eigenvalue weighted by Crippen LogP contribution is 2.15. The number of hydrogen-bond acceptors (Lipinski definition) is 2. The molecule has 0 N–H and O–H groups in total. The molecule has 0 atom stereocenters. The van der Waals surface area contributed by atoms with Crippen LogP contribution in [-0.2, 0) is 0 Å². The average Bonchev–Trinajstić information content (AvgIpc) is 2.14. The van der Waals surface area contributed by atoms with E-state index in [2.05, 4.69) is 11.3 Å². The largest absolute Gasteiger partial charge is 0.226 e. The minimum Gasteiger partial charge on any atom is -0.226 e. The third kappa shape index (κ3) is 1.20. The highest BCUT2D eigenvalue weighted by Gasteiger charge is 2.02. The molecule has 0 aromatic heterocycles. The number of hydrogen-bond donors (Lipinski definition) is 0. The predicted molar refractivity (Wildman–Crippen MR) is 34.8 cm³/mol. The average molecular weight is 115 g/mol. The van der Waals surface area contributed by atoms with Crippen LogP contribution in [0.4, 0.5) is 0 Å². The van der Waals surface area contributed by atoms with E-state index in [0.717, 1.165) is 6.42 Å². The van der Waals surface area contributed by atoms with Crippen LogP contribution in [0.15, 0.2) is 4.40 Å². The fourth-order valence-electron chi connectivity index (χ4n) is 0.587. The number of nitrogens with zero attached hydrogens (tertiary/aromatic N) is 1. The Labute approximate surface area is 48.3 Å². The van der Waals surface area contributed by atoms with Gasteiger partial charge in [0.1, 0.15) is 0 Å². The normalized spacial score (nSPS) is 19.9. The molecule has 7 heavy (non-hydrogen) atoms. The molecule has 2 heteroatoms. The molecule has 1 rings (SSSR count). The molecule has 1 heterocycles. The van der Waals surface area contributed by atoms with Gasteiger partial charge in [0.05, 0.1) is 0 Å². The summed E-state index contributed by atoms with van der Waals surface area (Å²) in [7, 11) is 0. The predicted octanol–water partition coefficient (Wildman–Crippen LogP) is 1.89. The minimum atomic E-state index is 1.15. The smallest absolute Gasteiger partial charge is 0.0268 e. The van der Waals surface area contributed by atoms with Gasteiger partial charge in [-0.25, -0.2) is 4.40 Å². The molecular weight excluding hydrogens is 106 g/mol. The quantitative estimate of drug-likeness (QED) is 0.475. The van der Waals surface area contributed by atoms with Crippen molar-refractivity contribution in [2.24, 2.45) is 4.40 Å². The zero-order valence-electron chi connectivity index (χ0n) is 4.48. The highest BCUT2D eigenvalue weighted by atomic mass is 32.2. The first-order chi connectivity index (χ1) is 3.43. The van der Waals surface area contributed by atoms with Crippen LogP contribution in [0.2, 0.25) is 0 Å². The van der Waals surface area contributed by atoms with Gasteiger partial charge in [-0.1, -0.05) is 6.92 Å². The van der Waals surface area contributed by atoms with Gasteiger partial charge < -0.3 is 0 Å². The zero-order valence-corrected chi connectivity index (χ0v) is 5.29. The van der Waals surface area contributed by atoms with Crippen molar-refractivity contribution >= 4 is 17.7 Å². The van der Waals surface area contributed by atoms with Gasteiger partial charge in [-0.15, -0.1) is 0 Å². The van der Waals surface area contributed by atoms with E-state index in [1.54, 1.807) is 11.9 Å². The van der Waals surface area contributed by atoms with Gasteiger partial charge in [-0.3, -0.25) is 0 Å². The van der Waals surface area contributed by atoms with Crippen LogP contribution in [0, 0.1) is 0 Å². The summed E-state index contributed by atoms with van der Waals surface area (Å²) in [5.41, 5.74) is 1.38. The first kappa shape index (κ1) is 5.16. The zero-order chi connectivity index (χ0) is 5.11. The molecule has 1 nitrogen and oxygen atoms in total. The maximum Gasteiger partial charge on any atom is 0.0268 e. The van der Waals surface area contributed by atoms with E-state index in [-0.39, 0.29) is 0 Å². The lowest BCUT2D eigenvalue weighted by atomic mass is 10.2. The van der Waals surface area contributed by atoms with Gasteiger partial charge in [0.25, 0.3) is 0 Å². The summed E-state index contributed by atoms with van der Waals surface area (Å²) in [6, 6.07) is 0. The Morgan fingerprint density at radius 1 is 1.86 bits per heavy atom. The van der Waals surface area contributed by atoms with Crippen molar-refractivity contribution in [3.05, 3.63) is 0 Å². The van der Waals surface area contributed by atoms with Crippen molar-refractivity contribution in [3.63, 3.8) is 0 Å². The summed E-state index contributed by atoms with van der Waals surface area (Å²) < 4.78 is 4.19. The van der Waals surface area contributed by atoms with Crippen LogP contribution >= 0.6 is 11.9 Å². The van der Waals surface area contributed by atoms with Crippen molar-refractivity contribution < 1.29 is 0 Å². The van der Waals surface area contributed by atoms with Gasteiger partial charge in [0.2, 0.25) is 0 Å². The first-order valence-electron chi connectivity index (χ1n) is 2.61. The summed E-state index contributed by atoms with van der Waals surface area (Å²) in [5, 5.41) is 0. The van der Waals surface area contributed by atoms with Crippen molar-refractivity contribution in [2.75, 3.05) is 5.75 Å². The molecular formula is C5H9NS. The third-order valence-corrected chi connectivity index (χ3v) is 1.86. The van der Waals surface area contributed by atoms with Gasteiger partial charge >= 0.3 is 0 Å². The van der Waals surface area contributed by atoms with Crippen LogP contribution in [0.5, 0.6) is 0 Å². The van der Waals surface area contributed by atoms with E-state index < -0.39 is 0 Å². The van der Waals surface area contributed by atoms with E-state index in [4.69, 9.17) is 0 Å². The van der Waals surface area contributed by atoms with E-state index in [0.29, 0.717) is 0 Å². The summed E-state index contributed by atoms with van der Waals surface area (Å²) >= 11 is 1.69. The van der Waals surface area contributed by atoms with Crippen LogP contribution in [-0.4, -0.2) is 11.5 Å². The Bertz CT molecular complexity index is 88.1. The fourth-order valence-corrected chi connectivity index (χ4v) is 1.41. The molecule has 1 aliphatic heterocycles. The summed E-state index contributed by atoms with van der Waals surface area (Å²) in [6.07, 6.45) is 2.37. The Morgan fingerprint density at radius 3 is 3.00 bits per heavy atom. The van der Waals surface area contributed by atoms with Crippen LogP contribution in [0.25, 0.3) is 0 Å². The number of rotatable bonds is 1. The standard InChI is InChI=1S/C5H9NS/c1-2-5-3-4-7-6-5/h2-4H2,1H3. The van der Waals surface area contributed by atoms with Crippen LogP contribution < -0.4 is 0 Å². The van der Waals surface area contributed by atoms with E-state index in [1.165, 1.54) is 17.9 Å². The Morgan fingerprint density at radius 2 is 2.71 bits per heavy atom. The van der Waals surface area contributed by atoms with E-state index >= 15 is 0 Å². The first-order valence-corrected chi connectivity index (χ1v) is 3.55. The molecule has 0 aliphatic carbocycles. The van der Waals surface area contributed by atoms with E-state index in [1.807, 2.05) is 0 Å². The van der Waals surface area contributed by atoms with Gasteiger partial charge in [-0.2, -0.15) is 0 Å². The molecule has 0 unspecified atom stereocenters. The third-order valence-electron chi connectivity index (χ3n) is 1.08. The van der Waals surface area contributed by atoms with Gasteiger partial charge in [-0.05, 0) is 24.8 Å². The minimum absolute atomic E-state index is 1.15. The maximum atomic E-state index is 4.19. The molecule has 1 aliphatic rings. The molecule has 0 bridgehead atoms. The second-order valence-electron chi connectivity index (χ2n) is 1.59. The molecule has 0 amide bonds. The van der Waals surface area contributed by atoms with Crippen LogP contribution in [0.1, 0.15) is 19.8 Å². The summed E-state index contributed by atoms with van der Waals surface area (Å²) in [6.45, 7) is 2.16. The van der Waals surface area contributed by atoms with Gasteiger partial charge in [0, 0.05) is 11.5 Å². The highest BCUT2D eigenvalue weighted by molar-refractivity contribution is 7.98. The molecule has 0 spiro atoms. The van der Waals surface area contributed by atoms with Gasteiger partial charge in [0.15, 0.2) is 0 Å². The molecule has 0 fully saturated rings. The van der Waals surface area contributed by atoms with E-state index in [9.17, 15) is 0 Å². The molecule has 40 valence electrons. The monoisotopic (exact) mass is 115 g/mol. The van der Waals surface area contributed by atoms with Crippen molar-refractivity contribution in [1.29, 1.82) is 0 Å². The van der Waals surface area contributed by atoms with Crippen molar-refractivity contribution in [2.45, 2.75) is 19.8 Å². The Hall–Kier alpha value is 0.0200. The van der Waals surface area contributed by atoms with Crippen molar-refractivity contribution in [3.8, 4) is 0 Å². The molecule has 0 radical (unpaired) electrons. The van der Waals surface area contributed by atoms with Crippen molar-refractivity contribution in [1.82, 2.24) is 0 Å². The topological polar surface area (TPSA) is 12.4 Å². The fraction of sp³-hybridized carbons (Fsp3) is 0.800. The molecule has 0 saturated carbocycles. The molecule has 0 aromatic rings. The lowest BCUT2D eigenvalue weighted by molar-refractivity contribution is 1.20. The van der Waals surface area contributed by atoms with Crippen LogP contribution in [0.3, 0.4) is 0 Å². The second-order valence-corrected chi connectivity index (χ2v) is 2.44. The lowest BCUT2D eigenvalue weighted by Crippen LogP contribution is -1.88. The summed E-state index contributed by atoms with van der Waals surface area (Å²) in [5.74, 6) is 1.21. The Kier molecular flexibility index (Phi) is 1.74. The Balaban J connectivity index is 2.36.